The average Bonchev–Trinajstić information content (AvgIpc) is 3.09. The van der Waals surface area contributed by atoms with Crippen molar-refractivity contribution in [2.24, 2.45) is 0 Å². The highest BCUT2D eigenvalue weighted by molar-refractivity contribution is 7.45. The van der Waals surface area contributed by atoms with Crippen molar-refractivity contribution in [1.82, 2.24) is 5.32 Å². The van der Waals surface area contributed by atoms with Gasteiger partial charge < -0.3 is 28.8 Å². The molecule has 0 rings (SSSR count). The lowest BCUT2D eigenvalue weighted by Gasteiger charge is -2.30. The molecule has 0 aromatic carbocycles. The number of likely N-dealkylation sites (N-methyl/N-ethyl adjacent to an activating group) is 1. The van der Waals surface area contributed by atoms with Gasteiger partial charge in [-0.25, -0.2) is 0 Å². The van der Waals surface area contributed by atoms with Crippen LogP contribution in [0.3, 0.4) is 0 Å². The van der Waals surface area contributed by atoms with E-state index in [1.165, 1.54) is 154 Å². The molecule has 0 saturated heterocycles. The van der Waals surface area contributed by atoms with Gasteiger partial charge in [0.1, 0.15) is 13.2 Å². The average molecular weight is 761 g/mol. The SMILES string of the molecule is CCCCCCCCCCCCCCCCCCCCCCCCC(O)C(COP(=O)([O-])OCC[N+](C)(C)C)NC(=O)CCCCCCCCCC. The highest BCUT2D eigenvalue weighted by Gasteiger charge is 2.24. The molecule has 2 N–H and O–H groups in total. The Morgan fingerprint density at radius 1 is 0.596 bits per heavy atom. The summed E-state index contributed by atoms with van der Waals surface area (Å²) in [6.07, 6.45) is 38.4. The third kappa shape index (κ3) is 37.8. The molecule has 52 heavy (non-hydrogen) atoms. The molecule has 0 aliphatic carbocycles. The fraction of sp³-hybridized carbons (Fsp3) is 0.977. The number of amides is 1. The molecule has 312 valence electrons. The smallest absolute Gasteiger partial charge is 0.268 e. The van der Waals surface area contributed by atoms with Gasteiger partial charge in [0.15, 0.2) is 0 Å². The van der Waals surface area contributed by atoms with Crippen molar-refractivity contribution >= 4 is 13.7 Å². The van der Waals surface area contributed by atoms with Crippen LogP contribution in [0.1, 0.15) is 219 Å². The van der Waals surface area contributed by atoms with Gasteiger partial charge in [-0.3, -0.25) is 9.36 Å². The van der Waals surface area contributed by atoms with Crippen molar-refractivity contribution < 1.29 is 32.9 Å². The summed E-state index contributed by atoms with van der Waals surface area (Å²) in [6, 6.07) is -0.791. The van der Waals surface area contributed by atoms with E-state index in [-0.39, 0.29) is 19.1 Å². The predicted molar refractivity (Wildman–Crippen MR) is 219 cm³/mol. The number of quaternary nitrogens is 1. The zero-order chi connectivity index (χ0) is 38.6. The molecule has 0 aliphatic rings. The van der Waals surface area contributed by atoms with E-state index < -0.39 is 20.0 Å². The summed E-state index contributed by atoms with van der Waals surface area (Å²) in [5.74, 6) is -0.167. The van der Waals surface area contributed by atoms with Crippen molar-refractivity contribution in [1.29, 1.82) is 0 Å². The van der Waals surface area contributed by atoms with E-state index in [9.17, 15) is 19.4 Å². The lowest BCUT2D eigenvalue weighted by atomic mass is 10.0. The van der Waals surface area contributed by atoms with Gasteiger partial charge in [0.05, 0.1) is 39.9 Å². The molecule has 0 heterocycles. The number of carbonyl (C=O) groups excluding carboxylic acids is 1. The van der Waals surface area contributed by atoms with E-state index >= 15 is 0 Å². The van der Waals surface area contributed by atoms with Crippen LogP contribution in [0.5, 0.6) is 0 Å². The van der Waals surface area contributed by atoms with Crippen LogP contribution in [-0.2, 0) is 18.4 Å². The topological polar surface area (TPSA) is 108 Å². The van der Waals surface area contributed by atoms with E-state index in [4.69, 9.17) is 9.05 Å². The molecule has 0 spiro atoms. The van der Waals surface area contributed by atoms with Gasteiger partial charge in [0, 0.05) is 6.42 Å². The Morgan fingerprint density at radius 3 is 1.31 bits per heavy atom. The maximum absolute atomic E-state index is 12.8. The zero-order valence-corrected chi connectivity index (χ0v) is 36.2. The van der Waals surface area contributed by atoms with Crippen molar-refractivity contribution in [3.63, 3.8) is 0 Å². The van der Waals surface area contributed by atoms with E-state index in [2.05, 4.69) is 19.2 Å². The third-order valence-electron chi connectivity index (χ3n) is 10.3. The summed E-state index contributed by atoms with van der Waals surface area (Å²) in [6.45, 7) is 4.70. The highest BCUT2D eigenvalue weighted by Crippen LogP contribution is 2.38. The van der Waals surface area contributed by atoms with Gasteiger partial charge in [0.25, 0.3) is 7.82 Å². The number of phosphoric ester groups is 1. The molecule has 3 atom stereocenters. The molecular formula is C43H89N2O6P. The van der Waals surface area contributed by atoms with E-state index in [0.717, 1.165) is 38.5 Å². The van der Waals surface area contributed by atoms with Crippen LogP contribution in [0.4, 0.5) is 0 Å². The number of nitrogens with zero attached hydrogens (tertiary/aromatic N) is 1. The molecule has 0 aromatic heterocycles. The zero-order valence-electron chi connectivity index (χ0n) is 35.3. The van der Waals surface area contributed by atoms with E-state index in [0.29, 0.717) is 23.9 Å². The summed E-state index contributed by atoms with van der Waals surface area (Å²) in [5.41, 5.74) is 0. The Kier molecular flexibility index (Phi) is 35.8. The summed E-state index contributed by atoms with van der Waals surface area (Å²) in [4.78, 5) is 25.2. The van der Waals surface area contributed by atoms with Gasteiger partial charge in [-0.2, -0.15) is 0 Å². The molecule has 9 heteroatoms. The first-order valence-electron chi connectivity index (χ1n) is 22.4. The van der Waals surface area contributed by atoms with Crippen LogP contribution in [0.15, 0.2) is 0 Å². The molecular weight excluding hydrogens is 671 g/mol. The molecule has 0 aliphatic heterocycles. The van der Waals surface area contributed by atoms with E-state index in [1.807, 2.05) is 21.1 Å². The van der Waals surface area contributed by atoms with Crippen molar-refractivity contribution in [2.75, 3.05) is 40.9 Å². The minimum Gasteiger partial charge on any atom is -0.756 e. The number of nitrogens with one attached hydrogen (secondary N) is 1. The number of hydrogen-bond donors (Lipinski definition) is 2. The van der Waals surface area contributed by atoms with Crippen LogP contribution in [-0.4, -0.2) is 68.5 Å². The number of carbonyl (C=O) groups is 1. The monoisotopic (exact) mass is 761 g/mol. The Hall–Kier alpha value is -0.500. The minimum absolute atomic E-state index is 0.0157. The number of unbranched alkanes of at least 4 members (excludes halogenated alkanes) is 28. The second kappa shape index (κ2) is 36.2. The lowest BCUT2D eigenvalue weighted by Crippen LogP contribution is -2.46. The quantitative estimate of drug-likeness (QED) is 0.0365. The van der Waals surface area contributed by atoms with Crippen molar-refractivity contribution in [2.45, 2.75) is 231 Å². The molecule has 3 unspecified atom stereocenters. The Bertz CT molecular complexity index is 824. The molecule has 1 amide bonds. The first-order chi connectivity index (χ1) is 25.0. The molecule has 0 fully saturated rings. The Morgan fingerprint density at radius 2 is 0.942 bits per heavy atom. The Labute approximate surface area is 323 Å². The largest absolute Gasteiger partial charge is 0.756 e. The number of aliphatic hydroxyl groups excluding tert-OH is 1. The fourth-order valence-corrected chi connectivity index (χ4v) is 7.47. The van der Waals surface area contributed by atoms with Crippen molar-refractivity contribution in [3.05, 3.63) is 0 Å². The van der Waals surface area contributed by atoms with Gasteiger partial charge in [-0.05, 0) is 12.8 Å². The Balaban J connectivity index is 4.15. The second-order valence-electron chi connectivity index (χ2n) is 16.8. The maximum atomic E-state index is 12.8. The van der Waals surface area contributed by atoms with Crippen LogP contribution in [0.25, 0.3) is 0 Å². The van der Waals surface area contributed by atoms with Gasteiger partial charge >= 0.3 is 0 Å². The summed E-state index contributed by atoms with van der Waals surface area (Å²) < 4.78 is 23.2. The number of aliphatic hydroxyl groups is 1. The lowest BCUT2D eigenvalue weighted by molar-refractivity contribution is -0.870. The first-order valence-corrected chi connectivity index (χ1v) is 23.8. The molecule has 8 nitrogen and oxygen atoms in total. The third-order valence-corrected chi connectivity index (χ3v) is 11.3. The predicted octanol–water partition coefficient (Wildman–Crippen LogP) is 11.6. The maximum Gasteiger partial charge on any atom is 0.268 e. The fourth-order valence-electron chi connectivity index (χ4n) is 6.75. The number of rotatable bonds is 41. The van der Waals surface area contributed by atoms with Gasteiger partial charge in [-0.15, -0.1) is 0 Å². The van der Waals surface area contributed by atoms with Crippen LogP contribution in [0, 0.1) is 0 Å². The minimum atomic E-state index is -4.55. The van der Waals surface area contributed by atoms with Gasteiger partial charge in [0.2, 0.25) is 5.91 Å². The van der Waals surface area contributed by atoms with Crippen LogP contribution >= 0.6 is 7.82 Å². The number of hydrogen-bond acceptors (Lipinski definition) is 6. The molecule has 0 radical (unpaired) electrons. The first kappa shape index (κ1) is 51.5. The second-order valence-corrected chi connectivity index (χ2v) is 18.2. The summed E-state index contributed by atoms with van der Waals surface area (Å²) in [7, 11) is 1.31. The highest BCUT2D eigenvalue weighted by atomic mass is 31.2. The van der Waals surface area contributed by atoms with Gasteiger partial charge in [-0.1, -0.05) is 200 Å². The standard InChI is InChI=1S/C43H89N2O6P/c1-6-8-10-12-14-16-17-18-19-20-21-22-23-24-25-26-27-28-29-30-32-34-36-42(46)41(40-51-52(48,49)50-39-38-45(3,4)5)44-43(47)37-35-33-31-15-13-11-9-7-2/h41-42,46H,6-40H2,1-5H3,(H-,44,47,48,49). The van der Waals surface area contributed by atoms with E-state index in [1.54, 1.807) is 0 Å². The molecule has 0 saturated carbocycles. The molecule has 0 aromatic rings. The normalized spacial score (nSPS) is 14.4. The summed E-state index contributed by atoms with van der Waals surface area (Å²) in [5, 5.41) is 13.9. The summed E-state index contributed by atoms with van der Waals surface area (Å²) >= 11 is 0. The molecule has 0 bridgehead atoms. The van der Waals surface area contributed by atoms with Crippen LogP contribution < -0.4 is 10.2 Å². The van der Waals surface area contributed by atoms with Crippen LogP contribution in [0.2, 0.25) is 0 Å². The number of phosphoric acid groups is 1. The van der Waals surface area contributed by atoms with Crippen molar-refractivity contribution in [3.8, 4) is 0 Å².